The standard InChI is InChI=1S/C8H10O3/c1-5-7(10)3-4-8(5)11-6(2)9/h3-5,8H,1-2H3. The minimum absolute atomic E-state index is 0.0243. The lowest BCUT2D eigenvalue weighted by Crippen LogP contribution is -2.22. The van der Waals surface area contributed by atoms with E-state index >= 15 is 0 Å². The van der Waals surface area contributed by atoms with Gasteiger partial charge in [0.1, 0.15) is 6.10 Å². The van der Waals surface area contributed by atoms with Crippen LogP contribution in [0.25, 0.3) is 0 Å². The van der Waals surface area contributed by atoms with E-state index in [9.17, 15) is 9.59 Å². The fourth-order valence-corrected chi connectivity index (χ4v) is 1.00. The summed E-state index contributed by atoms with van der Waals surface area (Å²) in [7, 11) is 0. The Kier molecular flexibility index (Phi) is 2.08. The second-order valence-electron chi connectivity index (χ2n) is 2.62. The van der Waals surface area contributed by atoms with Crippen molar-refractivity contribution in [1.29, 1.82) is 0 Å². The number of esters is 1. The first-order chi connectivity index (χ1) is 5.11. The Morgan fingerprint density at radius 1 is 1.64 bits per heavy atom. The van der Waals surface area contributed by atoms with Crippen molar-refractivity contribution in [2.24, 2.45) is 5.92 Å². The molecule has 0 amide bonds. The van der Waals surface area contributed by atoms with Gasteiger partial charge in [-0.15, -0.1) is 0 Å². The SMILES string of the molecule is CC(=O)OC1C=CC(=O)C1C. The summed E-state index contributed by atoms with van der Waals surface area (Å²) in [6, 6.07) is 0. The molecule has 0 aromatic carbocycles. The van der Waals surface area contributed by atoms with Crippen LogP contribution in [0, 0.1) is 5.92 Å². The van der Waals surface area contributed by atoms with Crippen LogP contribution in [-0.2, 0) is 14.3 Å². The van der Waals surface area contributed by atoms with Gasteiger partial charge in [0.05, 0.1) is 5.92 Å². The molecule has 0 bridgehead atoms. The maximum atomic E-state index is 10.9. The van der Waals surface area contributed by atoms with E-state index in [0.717, 1.165) is 0 Å². The monoisotopic (exact) mass is 154 g/mol. The number of hydrogen-bond acceptors (Lipinski definition) is 3. The molecule has 0 aromatic rings. The average molecular weight is 154 g/mol. The Hall–Kier alpha value is -1.12. The lowest BCUT2D eigenvalue weighted by atomic mass is 10.1. The molecule has 1 aliphatic carbocycles. The minimum atomic E-state index is -0.347. The van der Waals surface area contributed by atoms with Crippen molar-refractivity contribution in [1.82, 2.24) is 0 Å². The Morgan fingerprint density at radius 2 is 2.27 bits per heavy atom. The van der Waals surface area contributed by atoms with Crippen LogP contribution in [0.4, 0.5) is 0 Å². The first-order valence-corrected chi connectivity index (χ1v) is 3.50. The molecule has 0 heterocycles. The highest BCUT2D eigenvalue weighted by Crippen LogP contribution is 2.17. The van der Waals surface area contributed by atoms with Gasteiger partial charge in [0, 0.05) is 6.92 Å². The smallest absolute Gasteiger partial charge is 0.303 e. The Labute approximate surface area is 65.0 Å². The maximum absolute atomic E-state index is 10.9. The van der Waals surface area contributed by atoms with E-state index in [4.69, 9.17) is 4.74 Å². The average Bonchev–Trinajstić information content (AvgIpc) is 2.18. The van der Waals surface area contributed by atoms with Crippen molar-refractivity contribution in [2.45, 2.75) is 20.0 Å². The van der Waals surface area contributed by atoms with Crippen LogP contribution in [0.3, 0.4) is 0 Å². The highest BCUT2D eigenvalue weighted by atomic mass is 16.5. The lowest BCUT2D eigenvalue weighted by Gasteiger charge is -2.12. The summed E-state index contributed by atoms with van der Waals surface area (Å²) in [6.07, 6.45) is 2.73. The molecular formula is C8H10O3. The fraction of sp³-hybridized carbons (Fsp3) is 0.500. The van der Waals surface area contributed by atoms with E-state index in [1.54, 1.807) is 13.0 Å². The zero-order chi connectivity index (χ0) is 8.43. The zero-order valence-corrected chi connectivity index (χ0v) is 6.53. The van der Waals surface area contributed by atoms with Crippen molar-refractivity contribution < 1.29 is 14.3 Å². The van der Waals surface area contributed by atoms with Crippen LogP contribution in [0.2, 0.25) is 0 Å². The van der Waals surface area contributed by atoms with Crippen molar-refractivity contribution >= 4 is 11.8 Å². The van der Waals surface area contributed by atoms with E-state index in [1.807, 2.05) is 0 Å². The zero-order valence-electron chi connectivity index (χ0n) is 6.53. The van der Waals surface area contributed by atoms with Gasteiger partial charge in [-0.2, -0.15) is 0 Å². The van der Waals surface area contributed by atoms with Gasteiger partial charge in [-0.05, 0) is 12.2 Å². The summed E-state index contributed by atoms with van der Waals surface area (Å²) in [6.45, 7) is 3.08. The molecule has 0 radical (unpaired) electrons. The second kappa shape index (κ2) is 2.86. The van der Waals surface area contributed by atoms with Gasteiger partial charge in [-0.3, -0.25) is 9.59 Å². The Bertz CT molecular complexity index is 217. The molecule has 1 rings (SSSR count). The molecular weight excluding hydrogens is 144 g/mol. The first-order valence-electron chi connectivity index (χ1n) is 3.50. The summed E-state index contributed by atoms with van der Waals surface area (Å²) in [5, 5.41) is 0. The Morgan fingerprint density at radius 3 is 2.64 bits per heavy atom. The third kappa shape index (κ3) is 1.67. The number of hydrogen-bond donors (Lipinski definition) is 0. The number of carbonyl (C=O) groups is 2. The fourth-order valence-electron chi connectivity index (χ4n) is 1.00. The van der Waals surface area contributed by atoms with E-state index in [1.165, 1.54) is 13.0 Å². The predicted octanol–water partition coefficient (Wildman–Crippen LogP) is 0.693. The summed E-state index contributed by atoms with van der Waals surface area (Å²) in [5.41, 5.74) is 0. The third-order valence-electron chi connectivity index (χ3n) is 1.69. The van der Waals surface area contributed by atoms with E-state index in [2.05, 4.69) is 0 Å². The van der Waals surface area contributed by atoms with Crippen LogP contribution >= 0.6 is 0 Å². The van der Waals surface area contributed by atoms with Crippen LogP contribution in [0.5, 0.6) is 0 Å². The molecule has 0 aromatic heterocycles. The summed E-state index contributed by atoms with van der Waals surface area (Å²) in [5.74, 6) is -0.531. The largest absolute Gasteiger partial charge is 0.458 e. The van der Waals surface area contributed by atoms with Gasteiger partial charge in [0.2, 0.25) is 0 Å². The molecule has 0 saturated heterocycles. The van der Waals surface area contributed by atoms with E-state index in [0.29, 0.717) is 0 Å². The molecule has 3 nitrogen and oxygen atoms in total. The molecule has 11 heavy (non-hydrogen) atoms. The number of rotatable bonds is 1. The van der Waals surface area contributed by atoms with Crippen LogP contribution in [0.15, 0.2) is 12.2 Å². The molecule has 3 heteroatoms. The van der Waals surface area contributed by atoms with Crippen LogP contribution in [-0.4, -0.2) is 17.9 Å². The minimum Gasteiger partial charge on any atom is -0.458 e. The van der Waals surface area contributed by atoms with Crippen molar-refractivity contribution in [2.75, 3.05) is 0 Å². The van der Waals surface area contributed by atoms with E-state index in [-0.39, 0.29) is 23.8 Å². The summed E-state index contributed by atoms with van der Waals surface area (Å²) in [4.78, 5) is 21.4. The molecule has 0 fully saturated rings. The number of ketones is 1. The lowest BCUT2D eigenvalue weighted by molar-refractivity contribution is -0.146. The van der Waals surface area contributed by atoms with Crippen molar-refractivity contribution in [3.8, 4) is 0 Å². The highest BCUT2D eigenvalue weighted by molar-refractivity contribution is 5.95. The van der Waals surface area contributed by atoms with E-state index < -0.39 is 0 Å². The van der Waals surface area contributed by atoms with Gasteiger partial charge < -0.3 is 4.74 Å². The number of ether oxygens (including phenoxy) is 1. The number of carbonyl (C=O) groups excluding carboxylic acids is 2. The van der Waals surface area contributed by atoms with Crippen LogP contribution < -0.4 is 0 Å². The molecule has 60 valence electrons. The second-order valence-corrected chi connectivity index (χ2v) is 2.62. The van der Waals surface area contributed by atoms with Gasteiger partial charge in [0.25, 0.3) is 0 Å². The van der Waals surface area contributed by atoms with Gasteiger partial charge >= 0.3 is 5.97 Å². The molecule has 0 N–H and O–H groups in total. The van der Waals surface area contributed by atoms with Gasteiger partial charge in [0.15, 0.2) is 5.78 Å². The van der Waals surface area contributed by atoms with Crippen molar-refractivity contribution in [3.63, 3.8) is 0 Å². The first kappa shape index (κ1) is 7.98. The maximum Gasteiger partial charge on any atom is 0.303 e. The van der Waals surface area contributed by atoms with Crippen molar-refractivity contribution in [3.05, 3.63) is 12.2 Å². The number of allylic oxidation sites excluding steroid dienone is 1. The summed E-state index contributed by atoms with van der Waals surface area (Å²) < 4.78 is 4.85. The summed E-state index contributed by atoms with van der Waals surface area (Å²) >= 11 is 0. The molecule has 2 unspecified atom stereocenters. The van der Waals surface area contributed by atoms with Gasteiger partial charge in [-0.1, -0.05) is 6.92 Å². The normalized spacial score (nSPS) is 29.1. The van der Waals surface area contributed by atoms with Crippen LogP contribution in [0.1, 0.15) is 13.8 Å². The quantitative estimate of drug-likeness (QED) is 0.522. The molecule has 0 spiro atoms. The molecule has 2 atom stereocenters. The molecule has 1 aliphatic rings. The third-order valence-corrected chi connectivity index (χ3v) is 1.69. The Balaban J connectivity index is 2.56. The highest BCUT2D eigenvalue weighted by Gasteiger charge is 2.27. The topological polar surface area (TPSA) is 43.4 Å². The molecule has 0 saturated carbocycles. The molecule has 0 aliphatic heterocycles. The predicted molar refractivity (Wildman–Crippen MR) is 38.9 cm³/mol. The van der Waals surface area contributed by atoms with Gasteiger partial charge in [-0.25, -0.2) is 0 Å².